The van der Waals surface area contributed by atoms with Gasteiger partial charge in [-0.2, -0.15) is 5.10 Å². The lowest BCUT2D eigenvalue weighted by atomic mass is 10.1. The third-order valence-corrected chi connectivity index (χ3v) is 2.08. The Hall–Kier alpha value is -2.43. The first-order valence-electron chi connectivity index (χ1n) is 5.01. The highest BCUT2D eigenvalue weighted by Gasteiger charge is 2.08. The molecule has 0 amide bonds. The molecule has 0 bridgehead atoms. The number of hydrogen-bond donors (Lipinski definition) is 1. The van der Waals surface area contributed by atoms with Crippen LogP contribution < -0.4 is 4.74 Å². The Labute approximate surface area is 97.7 Å². The normalized spacial score (nSPS) is 9.88. The van der Waals surface area contributed by atoms with Crippen molar-refractivity contribution in [2.45, 2.75) is 6.42 Å². The molecule has 0 aliphatic rings. The van der Waals surface area contributed by atoms with Crippen LogP contribution in [0.25, 0.3) is 0 Å². The third kappa shape index (κ3) is 3.01. The Morgan fingerprint density at radius 3 is 2.76 bits per heavy atom. The fourth-order valence-electron chi connectivity index (χ4n) is 1.37. The van der Waals surface area contributed by atoms with E-state index in [-0.39, 0.29) is 6.42 Å². The van der Waals surface area contributed by atoms with Gasteiger partial charge in [-0.15, -0.1) is 5.10 Å². The van der Waals surface area contributed by atoms with Crippen LogP contribution in [0.3, 0.4) is 0 Å². The van der Waals surface area contributed by atoms with Crippen LogP contribution >= 0.6 is 0 Å². The second-order valence-corrected chi connectivity index (χ2v) is 3.34. The molecule has 0 saturated heterocycles. The zero-order valence-electron chi connectivity index (χ0n) is 8.91. The highest BCUT2D eigenvalue weighted by molar-refractivity contribution is 5.71. The summed E-state index contributed by atoms with van der Waals surface area (Å²) in [6.45, 7) is 0. The van der Waals surface area contributed by atoms with E-state index in [9.17, 15) is 4.79 Å². The summed E-state index contributed by atoms with van der Waals surface area (Å²) in [6.07, 6.45) is 1.45. The molecule has 2 aromatic rings. The summed E-state index contributed by atoms with van der Waals surface area (Å²) in [5.41, 5.74) is 0.602. The molecule has 0 saturated carbocycles. The number of carbonyl (C=O) groups is 1. The van der Waals surface area contributed by atoms with Crippen molar-refractivity contribution >= 4 is 5.97 Å². The van der Waals surface area contributed by atoms with Crippen LogP contribution in [0.4, 0.5) is 0 Å². The summed E-state index contributed by atoms with van der Waals surface area (Å²) in [5, 5.41) is 16.2. The van der Waals surface area contributed by atoms with Crippen molar-refractivity contribution in [2.24, 2.45) is 0 Å². The summed E-state index contributed by atoms with van der Waals surface area (Å²) in [7, 11) is 0. The number of aromatic nitrogens is 2. The average Bonchev–Trinajstić information content (AvgIpc) is 2.32. The van der Waals surface area contributed by atoms with Crippen molar-refractivity contribution in [2.75, 3.05) is 0 Å². The first-order valence-corrected chi connectivity index (χ1v) is 5.01. The van der Waals surface area contributed by atoms with E-state index in [2.05, 4.69) is 10.2 Å². The van der Waals surface area contributed by atoms with E-state index >= 15 is 0 Å². The summed E-state index contributed by atoms with van der Waals surface area (Å²) >= 11 is 0. The molecule has 0 atom stereocenters. The molecule has 0 aliphatic heterocycles. The molecule has 5 nitrogen and oxygen atoms in total. The van der Waals surface area contributed by atoms with Crippen LogP contribution in [0.5, 0.6) is 11.6 Å². The second kappa shape index (κ2) is 5.07. The Morgan fingerprint density at radius 1 is 1.24 bits per heavy atom. The van der Waals surface area contributed by atoms with Crippen LogP contribution in [0.2, 0.25) is 0 Å². The monoisotopic (exact) mass is 230 g/mol. The van der Waals surface area contributed by atoms with Gasteiger partial charge in [0.15, 0.2) is 0 Å². The number of hydrogen-bond acceptors (Lipinski definition) is 4. The predicted octanol–water partition coefficient (Wildman–Crippen LogP) is 1.90. The van der Waals surface area contributed by atoms with E-state index in [1.54, 1.807) is 36.4 Å². The molecule has 0 unspecified atom stereocenters. The Kier molecular flexibility index (Phi) is 3.30. The first-order chi connectivity index (χ1) is 8.25. The number of benzene rings is 1. The lowest BCUT2D eigenvalue weighted by Gasteiger charge is -2.07. The van der Waals surface area contributed by atoms with Crippen LogP contribution in [0.1, 0.15) is 5.56 Å². The molecular weight excluding hydrogens is 220 g/mol. The quantitative estimate of drug-likeness (QED) is 0.868. The zero-order valence-corrected chi connectivity index (χ0v) is 8.91. The van der Waals surface area contributed by atoms with Crippen molar-refractivity contribution in [1.29, 1.82) is 0 Å². The van der Waals surface area contributed by atoms with Gasteiger partial charge in [0, 0.05) is 17.8 Å². The van der Waals surface area contributed by atoms with Crippen molar-refractivity contribution in [1.82, 2.24) is 10.2 Å². The second-order valence-electron chi connectivity index (χ2n) is 3.34. The summed E-state index contributed by atoms with van der Waals surface area (Å²) in [4.78, 5) is 10.7. The summed E-state index contributed by atoms with van der Waals surface area (Å²) in [5.74, 6) is -0.0825. The maximum absolute atomic E-state index is 10.7. The van der Waals surface area contributed by atoms with Gasteiger partial charge in [-0.25, -0.2) is 0 Å². The Morgan fingerprint density at radius 2 is 2.06 bits per heavy atom. The molecular formula is C12H10N2O3. The van der Waals surface area contributed by atoms with Crippen LogP contribution in [0, 0.1) is 0 Å². The molecule has 5 heteroatoms. The number of nitrogens with zero attached hydrogens (tertiary/aromatic N) is 2. The average molecular weight is 230 g/mol. The Balaban J connectivity index is 2.23. The number of ether oxygens (including phenoxy) is 1. The van der Waals surface area contributed by atoms with Gasteiger partial charge in [-0.1, -0.05) is 18.2 Å². The molecule has 1 aromatic heterocycles. The number of carboxylic acid groups (broad SMARTS) is 1. The largest absolute Gasteiger partial charge is 0.481 e. The van der Waals surface area contributed by atoms with E-state index in [0.29, 0.717) is 17.2 Å². The smallest absolute Gasteiger partial charge is 0.307 e. The van der Waals surface area contributed by atoms with E-state index in [1.165, 1.54) is 6.20 Å². The molecule has 1 heterocycles. The van der Waals surface area contributed by atoms with Crippen LogP contribution in [-0.4, -0.2) is 21.3 Å². The molecule has 0 radical (unpaired) electrons. The van der Waals surface area contributed by atoms with Gasteiger partial charge in [-0.3, -0.25) is 4.79 Å². The van der Waals surface area contributed by atoms with E-state index < -0.39 is 5.97 Å². The van der Waals surface area contributed by atoms with Crippen molar-refractivity contribution < 1.29 is 14.6 Å². The molecule has 86 valence electrons. The standard InChI is InChI=1S/C12H10N2O3/c15-12(16)8-9-4-1-2-5-10(9)17-11-6-3-7-13-14-11/h1-7H,8H2,(H,15,16). The molecule has 0 spiro atoms. The minimum absolute atomic E-state index is 0.0869. The van der Waals surface area contributed by atoms with Gasteiger partial charge in [-0.05, 0) is 12.1 Å². The molecule has 1 N–H and O–H groups in total. The van der Waals surface area contributed by atoms with Gasteiger partial charge >= 0.3 is 5.97 Å². The minimum Gasteiger partial charge on any atom is -0.481 e. The fraction of sp³-hybridized carbons (Fsp3) is 0.0833. The van der Waals surface area contributed by atoms with E-state index in [1.807, 2.05) is 0 Å². The fourth-order valence-corrected chi connectivity index (χ4v) is 1.37. The van der Waals surface area contributed by atoms with Crippen LogP contribution in [-0.2, 0) is 11.2 Å². The lowest BCUT2D eigenvalue weighted by Crippen LogP contribution is -2.02. The maximum Gasteiger partial charge on any atom is 0.307 e. The summed E-state index contributed by atoms with van der Waals surface area (Å²) < 4.78 is 5.47. The molecule has 0 fully saturated rings. The highest BCUT2D eigenvalue weighted by Crippen LogP contribution is 2.23. The molecule has 1 aromatic carbocycles. The minimum atomic E-state index is -0.903. The first kappa shape index (κ1) is 11.1. The van der Waals surface area contributed by atoms with Crippen molar-refractivity contribution in [3.63, 3.8) is 0 Å². The van der Waals surface area contributed by atoms with Gasteiger partial charge < -0.3 is 9.84 Å². The third-order valence-electron chi connectivity index (χ3n) is 2.08. The number of carboxylic acids is 1. The van der Waals surface area contributed by atoms with E-state index in [4.69, 9.17) is 9.84 Å². The zero-order chi connectivity index (χ0) is 12.1. The van der Waals surface area contributed by atoms with E-state index in [0.717, 1.165) is 0 Å². The molecule has 2 rings (SSSR count). The van der Waals surface area contributed by atoms with Crippen LogP contribution in [0.15, 0.2) is 42.6 Å². The number of para-hydroxylation sites is 1. The maximum atomic E-state index is 10.7. The SMILES string of the molecule is O=C(O)Cc1ccccc1Oc1cccnn1. The topological polar surface area (TPSA) is 72.3 Å². The van der Waals surface area contributed by atoms with Crippen molar-refractivity contribution in [3.8, 4) is 11.6 Å². The van der Waals surface area contributed by atoms with Gasteiger partial charge in [0.25, 0.3) is 0 Å². The van der Waals surface area contributed by atoms with Gasteiger partial charge in [0.05, 0.1) is 6.42 Å². The number of rotatable bonds is 4. The molecule has 17 heavy (non-hydrogen) atoms. The highest BCUT2D eigenvalue weighted by atomic mass is 16.5. The predicted molar refractivity (Wildman–Crippen MR) is 59.9 cm³/mol. The van der Waals surface area contributed by atoms with Gasteiger partial charge in [0.1, 0.15) is 5.75 Å². The van der Waals surface area contributed by atoms with Gasteiger partial charge in [0.2, 0.25) is 5.88 Å². The molecule has 0 aliphatic carbocycles. The Bertz CT molecular complexity index is 514. The lowest BCUT2D eigenvalue weighted by molar-refractivity contribution is -0.136. The van der Waals surface area contributed by atoms with Crippen molar-refractivity contribution in [3.05, 3.63) is 48.2 Å². The summed E-state index contributed by atoms with van der Waals surface area (Å²) in [6, 6.07) is 10.3. The number of aliphatic carboxylic acids is 1.